The number of aromatic nitrogens is 3. The molecule has 3 aromatic heterocycles. The molecule has 50 heavy (non-hydrogen) atoms. The number of carbonyl (C=O) groups is 1. The Balaban J connectivity index is 1.06. The van der Waals surface area contributed by atoms with Gasteiger partial charge in [0, 0.05) is 68.3 Å². The number of hydrogen-bond acceptors (Lipinski definition) is 8. The second-order valence-electron chi connectivity index (χ2n) is 14.2. The Kier molecular flexibility index (Phi) is 8.48. The molecule has 1 aliphatic carbocycles. The van der Waals surface area contributed by atoms with Crippen molar-refractivity contribution >= 4 is 28.8 Å². The molecule has 0 unspecified atom stereocenters. The Bertz CT molecular complexity index is 2000. The molecule has 6 heterocycles. The molecule has 262 valence electrons. The topological polar surface area (TPSA) is 108 Å². The SMILES string of the molecule is C[C@@H]1CN(c2ccc(Nc3cc(-c4cc(F)cc(N5CCn6c(cc7c6CCCC7)C5=O)c4CO)cn(C)c3=O)nc2)[C@@H](C)CN1C1COC1. The minimum Gasteiger partial charge on any atom is -0.392 e. The first-order valence-electron chi connectivity index (χ1n) is 17.7. The Morgan fingerprint density at radius 3 is 2.58 bits per heavy atom. The fourth-order valence-electron chi connectivity index (χ4n) is 8.31. The highest BCUT2D eigenvalue weighted by atomic mass is 19.1. The third kappa shape index (κ3) is 5.69. The number of aryl methyl sites for hydroxylation is 2. The van der Waals surface area contributed by atoms with Crippen molar-refractivity contribution in [1.82, 2.24) is 19.0 Å². The number of ether oxygens (including phenoxy) is 1. The van der Waals surface area contributed by atoms with E-state index in [0.717, 1.165) is 57.7 Å². The lowest BCUT2D eigenvalue weighted by molar-refractivity contribution is -0.0828. The van der Waals surface area contributed by atoms with Gasteiger partial charge in [-0.3, -0.25) is 14.5 Å². The standard InChI is InChI=1S/C38H44FN7O4/c1-23-18-46(29-21-50-22-29)24(2)17-45(23)28-8-9-36(40-16-28)41-32-12-26(19-42(3)37(32)48)30-14-27(39)15-34(31(30)20-47)44-11-10-43-33-7-5-4-6-25(33)13-35(43)38(44)49/h8-9,12-16,19,23-24,29,47H,4-7,10-11,17-18,20-22H2,1-3H3,(H,40,41)/t23-,24+/m0/s1. The first kappa shape index (κ1) is 32.7. The van der Waals surface area contributed by atoms with Gasteiger partial charge in [0.2, 0.25) is 0 Å². The summed E-state index contributed by atoms with van der Waals surface area (Å²) in [5.41, 5.74) is 5.75. The van der Waals surface area contributed by atoms with Crippen molar-refractivity contribution in [3.05, 3.63) is 87.5 Å². The van der Waals surface area contributed by atoms with Crippen molar-refractivity contribution in [2.75, 3.05) is 48.0 Å². The molecular weight excluding hydrogens is 637 g/mol. The summed E-state index contributed by atoms with van der Waals surface area (Å²) < 4.78 is 24.4. The van der Waals surface area contributed by atoms with Gasteiger partial charge in [-0.1, -0.05) is 0 Å². The highest BCUT2D eigenvalue weighted by molar-refractivity contribution is 6.07. The number of carbonyl (C=O) groups excluding carboxylic acids is 1. The number of nitrogens with one attached hydrogen (secondary N) is 1. The van der Waals surface area contributed by atoms with E-state index in [4.69, 9.17) is 4.74 Å². The van der Waals surface area contributed by atoms with Crippen LogP contribution in [0.3, 0.4) is 0 Å². The number of rotatable bonds is 7. The molecule has 11 nitrogen and oxygen atoms in total. The number of aliphatic hydroxyl groups excluding tert-OH is 1. The van der Waals surface area contributed by atoms with E-state index in [2.05, 4.69) is 38.5 Å². The van der Waals surface area contributed by atoms with E-state index in [1.54, 1.807) is 24.2 Å². The van der Waals surface area contributed by atoms with Crippen LogP contribution in [0.15, 0.2) is 53.6 Å². The van der Waals surface area contributed by atoms with Crippen LogP contribution in [0.2, 0.25) is 0 Å². The smallest absolute Gasteiger partial charge is 0.274 e. The molecule has 2 atom stereocenters. The van der Waals surface area contributed by atoms with Crippen molar-refractivity contribution in [2.24, 2.45) is 7.05 Å². The third-order valence-electron chi connectivity index (χ3n) is 11.0. The van der Waals surface area contributed by atoms with Gasteiger partial charge >= 0.3 is 0 Å². The maximum absolute atomic E-state index is 15.4. The van der Waals surface area contributed by atoms with Crippen LogP contribution in [-0.4, -0.2) is 81.0 Å². The van der Waals surface area contributed by atoms with E-state index >= 15 is 4.39 Å². The van der Waals surface area contributed by atoms with Crippen molar-refractivity contribution < 1.29 is 19.0 Å². The summed E-state index contributed by atoms with van der Waals surface area (Å²) in [5.74, 6) is -0.236. The lowest BCUT2D eigenvalue weighted by Gasteiger charge is -2.50. The van der Waals surface area contributed by atoms with Gasteiger partial charge in [-0.2, -0.15) is 0 Å². The quantitative estimate of drug-likeness (QED) is 0.295. The summed E-state index contributed by atoms with van der Waals surface area (Å²) in [6, 6.07) is 11.4. The molecule has 0 spiro atoms. The van der Waals surface area contributed by atoms with Gasteiger partial charge in [0.15, 0.2) is 0 Å². The third-order valence-corrected chi connectivity index (χ3v) is 11.0. The number of aliphatic hydroxyl groups is 1. The van der Waals surface area contributed by atoms with Crippen LogP contribution in [0.5, 0.6) is 0 Å². The summed E-state index contributed by atoms with van der Waals surface area (Å²) in [7, 11) is 1.63. The minimum atomic E-state index is -0.536. The first-order chi connectivity index (χ1) is 24.2. The highest BCUT2D eigenvalue weighted by Gasteiger charge is 2.37. The number of nitrogens with zero attached hydrogens (tertiary/aromatic N) is 6. The van der Waals surface area contributed by atoms with Gasteiger partial charge in [0.25, 0.3) is 11.5 Å². The average molecular weight is 682 g/mol. The summed E-state index contributed by atoms with van der Waals surface area (Å²) in [4.78, 5) is 38.3. The molecule has 0 radical (unpaired) electrons. The van der Waals surface area contributed by atoms with Crippen molar-refractivity contribution in [3.63, 3.8) is 0 Å². The van der Waals surface area contributed by atoms with Gasteiger partial charge in [0.1, 0.15) is 23.0 Å². The fourth-order valence-corrected chi connectivity index (χ4v) is 8.31. The molecule has 8 rings (SSSR count). The minimum absolute atomic E-state index is 0.201. The normalized spacial score (nSPS) is 21.2. The monoisotopic (exact) mass is 681 g/mol. The number of pyridine rings is 2. The molecule has 2 saturated heterocycles. The van der Waals surface area contributed by atoms with Crippen LogP contribution in [0.25, 0.3) is 11.1 Å². The van der Waals surface area contributed by atoms with Gasteiger partial charge in [-0.25, -0.2) is 9.37 Å². The number of halogens is 1. The molecule has 0 saturated carbocycles. The number of piperazine rings is 1. The van der Waals surface area contributed by atoms with E-state index in [1.165, 1.54) is 28.0 Å². The molecule has 4 aliphatic rings. The van der Waals surface area contributed by atoms with Gasteiger partial charge in [-0.05, 0) is 87.1 Å². The molecule has 2 fully saturated rings. The Morgan fingerprint density at radius 2 is 1.84 bits per heavy atom. The van der Waals surface area contributed by atoms with Crippen LogP contribution in [-0.2, 0) is 37.8 Å². The average Bonchev–Trinajstić information content (AvgIpc) is 3.47. The Labute approximate surface area is 290 Å². The predicted molar refractivity (Wildman–Crippen MR) is 191 cm³/mol. The van der Waals surface area contributed by atoms with Crippen LogP contribution >= 0.6 is 0 Å². The molecule has 1 amide bonds. The second-order valence-corrected chi connectivity index (χ2v) is 14.2. The first-order valence-corrected chi connectivity index (χ1v) is 17.7. The van der Waals surface area contributed by atoms with E-state index in [9.17, 15) is 14.7 Å². The zero-order valence-corrected chi connectivity index (χ0v) is 28.9. The van der Waals surface area contributed by atoms with Crippen LogP contribution in [0, 0.1) is 5.82 Å². The van der Waals surface area contributed by atoms with Crippen molar-refractivity contribution in [3.8, 4) is 11.1 Å². The molecule has 12 heteroatoms. The zero-order chi connectivity index (χ0) is 34.7. The number of fused-ring (bicyclic) bond motifs is 3. The molecular formula is C38H44FN7O4. The van der Waals surface area contributed by atoms with Crippen molar-refractivity contribution in [1.29, 1.82) is 0 Å². The summed E-state index contributed by atoms with van der Waals surface area (Å²) in [6.45, 7) is 8.48. The maximum atomic E-state index is 15.4. The van der Waals surface area contributed by atoms with Gasteiger partial charge in [-0.15, -0.1) is 0 Å². The Morgan fingerprint density at radius 1 is 1.02 bits per heavy atom. The predicted octanol–water partition coefficient (Wildman–Crippen LogP) is 4.46. The number of hydrogen-bond donors (Lipinski definition) is 2. The molecule has 4 aromatic rings. The fraction of sp³-hybridized carbons (Fsp3) is 0.447. The van der Waals surface area contributed by atoms with E-state index in [-0.39, 0.29) is 17.2 Å². The second kappa shape index (κ2) is 13.0. The maximum Gasteiger partial charge on any atom is 0.274 e. The van der Waals surface area contributed by atoms with E-state index < -0.39 is 12.4 Å². The van der Waals surface area contributed by atoms with E-state index in [0.29, 0.717) is 65.1 Å². The van der Waals surface area contributed by atoms with Gasteiger partial charge in [0.05, 0.1) is 43.4 Å². The van der Waals surface area contributed by atoms with E-state index in [1.807, 2.05) is 24.4 Å². The number of anilines is 4. The highest BCUT2D eigenvalue weighted by Crippen LogP contribution is 2.37. The molecule has 0 bridgehead atoms. The largest absolute Gasteiger partial charge is 0.392 e. The molecule has 1 aromatic carbocycles. The molecule has 2 N–H and O–H groups in total. The summed E-state index contributed by atoms with van der Waals surface area (Å²) >= 11 is 0. The van der Waals surface area contributed by atoms with Crippen LogP contribution in [0.4, 0.5) is 27.3 Å². The summed E-state index contributed by atoms with van der Waals surface area (Å²) in [6.07, 6.45) is 7.60. The van der Waals surface area contributed by atoms with Crippen LogP contribution in [0.1, 0.15) is 54.0 Å². The number of amides is 1. The van der Waals surface area contributed by atoms with Crippen LogP contribution < -0.4 is 20.7 Å². The lowest BCUT2D eigenvalue weighted by Crippen LogP contribution is -2.63. The number of benzene rings is 1. The zero-order valence-electron chi connectivity index (χ0n) is 28.9. The Hall–Kier alpha value is -4.52. The van der Waals surface area contributed by atoms with Crippen molar-refractivity contribution in [2.45, 2.75) is 70.8 Å². The lowest BCUT2D eigenvalue weighted by atomic mass is 9.97. The molecule has 3 aliphatic heterocycles. The van der Waals surface area contributed by atoms with Gasteiger partial charge < -0.3 is 34.1 Å². The summed E-state index contributed by atoms with van der Waals surface area (Å²) in [5, 5.41) is 13.9.